The van der Waals surface area contributed by atoms with E-state index in [9.17, 15) is 0 Å². The summed E-state index contributed by atoms with van der Waals surface area (Å²) >= 11 is 0. The summed E-state index contributed by atoms with van der Waals surface area (Å²) in [5, 5.41) is 12.2. The Labute approximate surface area is 65.6 Å². The quantitative estimate of drug-likeness (QED) is 0.633. The van der Waals surface area contributed by atoms with E-state index in [2.05, 4.69) is 5.10 Å². The zero-order valence-electron chi connectivity index (χ0n) is 6.36. The lowest BCUT2D eigenvalue weighted by atomic mass is 10.3. The molecule has 0 aromatic carbocycles. The molecule has 0 aliphatic heterocycles. The molecular weight excluding hydrogens is 138 g/mol. The highest BCUT2D eigenvalue weighted by molar-refractivity contribution is 5.44. The first-order chi connectivity index (χ1) is 5.34. The molecule has 1 aromatic rings. The van der Waals surface area contributed by atoms with E-state index >= 15 is 0 Å². The second kappa shape index (κ2) is 3.57. The van der Waals surface area contributed by atoms with Crippen molar-refractivity contribution in [2.24, 2.45) is 7.05 Å². The van der Waals surface area contributed by atoms with Crippen LogP contribution in [-0.4, -0.2) is 9.78 Å². The number of rotatable bonds is 2. The third-order valence-electron chi connectivity index (χ3n) is 1.36. The van der Waals surface area contributed by atoms with Gasteiger partial charge in [-0.2, -0.15) is 10.4 Å². The topological polar surface area (TPSA) is 41.6 Å². The first-order valence-corrected chi connectivity index (χ1v) is 3.36. The number of hydrogen-bond acceptors (Lipinski definition) is 2. The molecule has 0 radical (unpaired) electrons. The molecule has 0 spiro atoms. The van der Waals surface area contributed by atoms with Crippen LogP contribution >= 0.6 is 0 Å². The van der Waals surface area contributed by atoms with Crippen molar-refractivity contribution in [3.05, 3.63) is 24.0 Å². The molecule has 3 heteroatoms. The van der Waals surface area contributed by atoms with Gasteiger partial charge in [-0.25, -0.2) is 0 Å². The van der Waals surface area contributed by atoms with E-state index in [1.54, 1.807) is 10.9 Å². The van der Waals surface area contributed by atoms with Crippen LogP contribution in [0.5, 0.6) is 0 Å². The largest absolute Gasteiger partial charge is 0.269 e. The lowest BCUT2D eigenvalue weighted by Crippen LogP contribution is -1.91. The monoisotopic (exact) mass is 147 g/mol. The molecule has 3 nitrogen and oxygen atoms in total. The molecule has 1 aromatic heterocycles. The van der Waals surface area contributed by atoms with Gasteiger partial charge in [0.25, 0.3) is 0 Å². The molecule has 0 atom stereocenters. The molecule has 11 heavy (non-hydrogen) atoms. The molecular formula is C8H9N3. The summed E-state index contributed by atoms with van der Waals surface area (Å²) in [6.45, 7) is 0. The van der Waals surface area contributed by atoms with E-state index in [0.717, 1.165) is 5.69 Å². The predicted octanol–water partition coefficient (Wildman–Crippen LogP) is 1.35. The minimum absolute atomic E-state index is 0.450. The fourth-order valence-electron chi connectivity index (χ4n) is 0.780. The SMILES string of the molecule is Cn1nccc1C=CCC#N. The summed E-state index contributed by atoms with van der Waals surface area (Å²) in [4.78, 5) is 0. The number of aryl methyl sites for hydroxylation is 1. The van der Waals surface area contributed by atoms with Crippen molar-refractivity contribution >= 4 is 6.08 Å². The van der Waals surface area contributed by atoms with Gasteiger partial charge in [0.05, 0.1) is 18.2 Å². The smallest absolute Gasteiger partial charge is 0.0663 e. The lowest BCUT2D eigenvalue weighted by Gasteiger charge is -1.91. The van der Waals surface area contributed by atoms with E-state index < -0.39 is 0 Å². The Balaban J connectivity index is 2.65. The average molecular weight is 147 g/mol. The Morgan fingerprint density at radius 1 is 1.82 bits per heavy atom. The van der Waals surface area contributed by atoms with Crippen molar-refractivity contribution in [2.75, 3.05) is 0 Å². The molecule has 56 valence electrons. The van der Waals surface area contributed by atoms with Crippen LogP contribution in [0.25, 0.3) is 6.08 Å². The summed E-state index contributed by atoms with van der Waals surface area (Å²) < 4.78 is 1.76. The van der Waals surface area contributed by atoms with Gasteiger partial charge in [-0.3, -0.25) is 4.68 Å². The number of allylic oxidation sites excluding steroid dienone is 1. The van der Waals surface area contributed by atoms with Crippen LogP contribution in [0.2, 0.25) is 0 Å². The van der Waals surface area contributed by atoms with Crippen LogP contribution < -0.4 is 0 Å². The van der Waals surface area contributed by atoms with Gasteiger partial charge in [0.1, 0.15) is 0 Å². The van der Waals surface area contributed by atoms with Gasteiger partial charge in [-0.1, -0.05) is 6.08 Å². The molecule has 1 rings (SSSR count). The van der Waals surface area contributed by atoms with E-state index in [-0.39, 0.29) is 0 Å². The Hall–Kier alpha value is -1.56. The second-order valence-corrected chi connectivity index (χ2v) is 2.14. The summed E-state index contributed by atoms with van der Waals surface area (Å²) in [6.07, 6.45) is 5.88. The van der Waals surface area contributed by atoms with Crippen molar-refractivity contribution in [1.29, 1.82) is 5.26 Å². The van der Waals surface area contributed by atoms with Gasteiger partial charge in [0.2, 0.25) is 0 Å². The molecule has 0 amide bonds. The zero-order valence-corrected chi connectivity index (χ0v) is 6.36. The molecule has 0 bridgehead atoms. The zero-order chi connectivity index (χ0) is 8.10. The maximum absolute atomic E-state index is 8.24. The summed E-state index contributed by atoms with van der Waals surface area (Å²) in [6, 6.07) is 3.93. The van der Waals surface area contributed by atoms with E-state index in [1.807, 2.05) is 31.3 Å². The van der Waals surface area contributed by atoms with Crippen LogP contribution in [0.15, 0.2) is 18.3 Å². The molecule has 1 heterocycles. The highest BCUT2D eigenvalue weighted by Gasteiger charge is 1.89. The number of nitrogens with zero attached hydrogens (tertiary/aromatic N) is 3. The normalized spacial score (nSPS) is 10.2. The predicted molar refractivity (Wildman–Crippen MR) is 42.5 cm³/mol. The highest BCUT2D eigenvalue weighted by Crippen LogP contribution is 1.99. The lowest BCUT2D eigenvalue weighted by molar-refractivity contribution is 0.759. The maximum Gasteiger partial charge on any atom is 0.0663 e. The summed E-state index contributed by atoms with van der Waals surface area (Å²) in [5.74, 6) is 0. The standard InChI is InChI=1S/C8H9N3/c1-11-8(5-7-10-11)4-2-3-6-9/h2,4-5,7H,3H2,1H3. The molecule has 0 saturated heterocycles. The van der Waals surface area contributed by atoms with Crippen LogP contribution in [-0.2, 0) is 7.05 Å². The van der Waals surface area contributed by atoms with Gasteiger partial charge >= 0.3 is 0 Å². The Morgan fingerprint density at radius 3 is 3.18 bits per heavy atom. The van der Waals surface area contributed by atoms with E-state index in [1.165, 1.54) is 0 Å². The highest BCUT2D eigenvalue weighted by atomic mass is 15.2. The van der Waals surface area contributed by atoms with E-state index in [0.29, 0.717) is 6.42 Å². The van der Waals surface area contributed by atoms with Crippen molar-refractivity contribution in [3.63, 3.8) is 0 Å². The maximum atomic E-state index is 8.24. The van der Waals surface area contributed by atoms with Crippen LogP contribution in [0.4, 0.5) is 0 Å². The first kappa shape index (κ1) is 7.55. The fourth-order valence-corrected chi connectivity index (χ4v) is 0.780. The Kier molecular flexibility index (Phi) is 2.45. The van der Waals surface area contributed by atoms with Crippen molar-refractivity contribution < 1.29 is 0 Å². The number of aromatic nitrogens is 2. The molecule has 0 aliphatic rings. The van der Waals surface area contributed by atoms with Gasteiger partial charge in [0, 0.05) is 13.2 Å². The Bertz CT molecular complexity index is 291. The second-order valence-electron chi connectivity index (χ2n) is 2.14. The van der Waals surface area contributed by atoms with Crippen LogP contribution in [0, 0.1) is 11.3 Å². The number of nitriles is 1. The average Bonchev–Trinajstić information content (AvgIpc) is 2.37. The van der Waals surface area contributed by atoms with E-state index in [4.69, 9.17) is 5.26 Å². The van der Waals surface area contributed by atoms with Gasteiger partial charge in [-0.05, 0) is 12.1 Å². The van der Waals surface area contributed by atoms with Crippen molar-refractivity contribution in [3.8, 4) is 6.07 Å². The van der Waals surface area contributed by atoms with Crippen molar-refractivity contribution in [2.45, 2.75) is 6.42 Å². The molecule has 0 fully saturated rings. The molecule has 0 N–H and O–H groups in total. The fraction of sp³-hybridized carbons (Fsp3) is 0.250. The molecule has 0 unspecified atom stereocenters. The minimum Gasteiger partial charge on any atom is -0.269 e. The Morgan fingerprint density at radius 2 is 2.64 bits per heavy atom. The van der Waals surface area contributed by atoms with Crippen molar-refractivity contribution in [1.82, 2.24) is 9.78 Å². The third-order valence-corrected chi connectivity index (χ3v) is 1.36. The van der Waals surface area contributed by atoms with Gasteiger partial charge in [0.15, 0.2) is 0 Å². The summed E-state index contributed by atoms with van der Waals surface area (Å²) in [7, 11) is 1.87. The molecule has 0 aliphatic carbocycles. The number of hydrogen-bond donors (Lipinski definition) is 0. The first-order valence-electron chi connectivity index (χ1n) is 3.36. The molecule has 0 saturated carbocycles. The van der Waals surface area contributed by atoms with Gasteiger partial charge < -0.3 is 0 Å². The van der Waals surface area contributed by atoms with Crippen LogP contribution in [0.3, 0.4) is 0 Å². The minimum atomic E-state index is 0.450. The van der Waals surface area contributed by atoms with Crippen LogP contribution in [0.1, 0.15) is 12.1 Å². The summed E-state index contributed by atoms with van der Waals surface area (Å²) in [5.41, 5.74) is 1.01. The third kappa shape index (κ3) is 1.94. The van der Waals surface area contributed by atoms with Gasteiger partial charge in [-0.15, -0.1) is 0 Å².